The van der Waals surface area contributed by atoms with E-state index < -0.39 is 17.5 Å². The Balaban J connectivity index is 1.28. The minimum absolute atomic E-state index is 0.0950. The molecule has 3 aromatic rings. The van der Waals surface area contributed by atoms with Gasteiger partial charge in [-0.25, -0.2) is 24.2 Å². The van der Waals surface area contributed by atoms with E-state index in [0.717, 1.165) is 18.4 Å². The summed E-state index contributed by atoms with van der Waals surface area (Å²) in [6.07, 6.45) is 5.11. The lowest BCUT2D eigenvalue weighted by Crippen LogP contribution is -2.38. The fourth-order valence-electron chi connectivity index (χ4n) is 5.01. The van der Waals surface area contributed by atoms with Gasteiger partial charge < -0.3 is 15.0 Å². The maximum Gasteiger partial charge on any atom is 0.258 e. The molecule has 1 saturated heterocycles. The van der Waals surface area contributed by atoms with Crippen LogP contribution in [0, 0.1) is 18.6 Å². The molecule has 0 bridgehead atoms. The number of ether oxygens (including phenoxy) is 1. The molecule has 2 atom stereocenters. The monoisotopic (exact) mass is 563 g/mol. The Morgan fingerprint density at radius 3 is 2.68 bits per heavy atom. The SMILES string of the molecule is C=CC(=O)N1C[C@@H](OC)C[C@H]1CONc1cc(-c2cc(F)cc(NC(=O)c3ccc(C4CC4)cc3F)c2C)ncn1. The van der Waals surface area contributed by atoms with Crippen molar-refractivity contribution in [2.75, 3.05) is 31.1 Å². The van der Waals surface area contributed by atoms with Gasteiger partial charge >= 0.3 is 0 Å². The number of nitrogens with one attached hydrogen (secondary N) is 2. The Hall–Kier alpha value is -4.22. The molecule has 1 aromatic heterocycles. The van der Waals surface area contributed by atoms with Crippen LogP contribution in [0.4, 0.5) is 20.3 Å². The fraction of sp³-hybridized carbons (Fsp3) is 0.333. The largest absolute Gasteiger partial charge is 0.380 e. The molecule has 41 heavy (non-hydrogen) atoms. The quantitative estimate of drug-likeness (QED) is 0.264. The molecule has 11 heteroatoms. The molecule has 0 unspecified atom stereocenters. The van der Waals surface area contributed by atoms with Crippen molar-refractivity contribution in [3.05, 3.63) is 83.7 Å². The van der Waals surface area contributed by atoms with E-state index in [1.165, 1.54) is 36.7 Å². The van der Waals surface area contributed by atoms with E-state index in [0.29, 0.717) is 41.5 Å². The Kier molecular flexibility index (Phi) is 8.36. The lowest BCUT2D eigenvalue weighted by Gasteiger charge is -2.22. The zero-order chi connectivity index (χ0) is 29.1. The summed E-state index contributed by atoms with van der Waals surface area (Å²) in [4.78, 5) is 40.8. The number of benzene rings is 2. The summed E-state index contributed by atoms with van der Waals surface area (Å²) in [5, 5.41) is 2.64. The Labute approximate surface area is 236 Å². The number of carbonyl (C=O) groups is 2. The van der Waals surface area contributed by atoms with E-state index in [2.05, 4.69) is 27.3 Å². The smallest absolute Gasteiger partial charge is 0.258 e. The molecule has 2 amide bonds. The summed E-state index contributed by atoms with van der Waals surface area (Å²) in [5.41, 5.74) is 5.05. The maximum atomic E-state index is 14.7. The van der Waals surface area contributed by atoms with Gasteiger partial charge in [0.05, 0.1) is 30.0 Å². The Morgan fingerprint density at radius 2 is 1.98 bits per heavy atom. The van der Waals surface area contributed by atoms with Gasteiger partial charge in [0.2, 0.25) is 5.91 Å². The van der Waals surface area contributed by atoms with E-state index >= 15 is 0 Å². The first-order chi connectivity index (χ1) is 19.8. The highest BCUT2D eigenvalue weighted by atomic mass is 19.1. The molecule has 2 aliphatic rings. The molecule has 9 nitrogen and oxygen atoms in total. The number of nitrogens with zero attached hydrogens (tertiary/aromatic N) is 3. The third kappa shape index (κ3) is 6.41. The highest BCUT2D eigenvalue weighted by molar-refractivity contribution is 6.05. The molecule has 2 aromatic carbocycles. The van der Waals surface area contributed by atoms with Gasteiger partial charge in [-0.3, -0.25) is 14.4 Å². The molecule has 2 heterocycles. The highest BCUT2D eigenvalue weighted by Gasteiger charge is 2.34. The summed E-state index contributed by atoms with van der Waals surface area (Å²) in [7, 11) is 1.60. The average molecular weight is 564 g/mol. The van der Waals surface area contributed by atoms with Gasteiger partial charge in [-0.1, -0.05) is 12.6 Å². The van der Waals surface area contributed by atoms with Crippen molar-refractivity contribution in [1.29, 1.82) is 0 Å². The number of likely N-dealkylation sites (tertiary alicyclic amines) is 1. The van der Waals surface area contributed by atoms with Gasteiger partial charge in [0.15, 0.2) is 5.82 Å². The number of amides is 2. The van der Waals surface area contributed by atoms with Crippen LogP contribution < -0.4 is 10.8 Å². The molecule has 2 N–H and O–H groups in total. The standard InChI is InChI=1S/C30H31F2N5O4/c1-4-29(38)37-14-22(40-3)12-21(37)15-41-36-28-13-27(33-16-34-28)24-10-20(31)11-26(17(24)2)35-30(39)23-8-7-19(9-25(23)32)18-5-6-18/h4,7-11,13,16,18,21-22H,1,5-6,12,14-15H2,2-3H3,(H,35,39)(H,33,34,36)/t21-,22-/m0/s1. The summed E-state index contributed by atoms with van der Waals surface area (Å²) < 4.78 is 34.8. The van der Waals surface area contributed by atoms with Crippen LogP contribution in [0.25, 0.3) is 11.3 Å². The molecule has 5 rings (SSSR count). The summed E-state index contributed by atoms with van der Waals surface area (Å²) in [5.74, 6) is -1.42. The van der Waals surface area contributed by atoms with Crippen LogP contribution in [0.3, 0.4) is 0 Å². The molecule has 2 fully saturated rings. The fourth-order valence-corrected chi connectivity index (χ4v) is 5.01. The van der Waals surface area contributed by atoms with E-state index in [9.17, 15) is 18.4 Å². The first-order valence-corrected chi connectivity index (χ1v) is 13.3. The van der Waals surface area contributed by atoms with Crippen molar-refractivity contribution in [1.82, 2.24) is 14.9 Å². The van der Waals surface area contributed by atoms with Crippen LogP contribution in [0.5, 0.6) is 0 Å². The summed E-state index contributed by atoms with van der Waals surface area (Å²) in [6.45, 7) is 5.88. The second kappa shape index (κ2) is 12.1. The minimum Gasteiger partial charge on any atom is -0.380 e. The maximum absolute atomic E-state index is 14.7. The van der Waals surface area contributed by atoms with E-state index in [-0.39, 0.29) is 35.9 Å². The Bertz CT molecular complexity index is 1480. The van der Waals surface area contributed by atoms with Crippen LogP contribution in [0.2, 0.25) is 0 Å². The van der Waals surface area contributed by atoms with Crippen LogP contribution in [0.15, 0.2) is 55.4 Å². The Morgan fingerprint density at radius 1 is 1.17 bits per heavy atom. The molecular formula is C30H31F2N5O4. The van der Waals surface area contributed by atoms with Crippen molar-refractivity contribution < 1.29 is 27.9 Å². The number of hydrogen-bond acceptors (Lipinski definition) is 7. The van der Waals surface area contributed by atoms with Crippen LogP contribution in [-0.2, 0) is 14.4 Å². The third-order valence-corrected chi connectivity index (χ3v) is 7.47. The number of methoxy groups -OCH3 is 1. The molecule has 1 saturated carbocycles. The van der Waals surface area contributed by atoms with E-state index in [4.69, 9.17) is 9.57 Å². The zero-order valence-corrected chi connectivity index (χ0v) is 22.8. The van der Waals surface area contributed by atoms with Gasteiger partial charge in [0.1, 0.15) is 18.0 Å². The number of rotatable bonds is 10. The van der Waals surface area contributed by atoms with Crippen LogP contribution in [-0.4, -0.2) is 59.1 Å². The molecule has 0 spiro atoms. The van der Waals surface area contributed by atoms with Crippen molar-refractivity contribution in [3.8, 4) is 11.3 Å². The number of halogens is 2. The highest BCUT2D eigenvalue weighted by Crippen LogP contribution is 2.40. The molecule has 214 valence electrons. The van der Waals surface area contributed by atoms with Crippen molar-refractivity contribution in [3.63, 3.8) is 0 Å². The number of hydrogen-bond donors (Lipinski definition) is 2. The second-order valence-corrected chi connectivity index (χ2v) is 10.2. The second-order valence-electron chi connectivity index (χ2n) is 10.2. The first-order valence-electron chi connectivity index (χ1n) is 13.3. The van der Waals surface area contributed by atoms with Gasteiger partial charge in [-0.15, -0.1) is 0 Å². The molecular weight excluding hydrogens is 532 g/mol. The van der Waals surface area contributed by atoms with Gasteiger partial charge in [-0.05, 0) is 73.6 Å². The van der Waals surface area contributed by atoms with E-state index in [1.807, 2.05) is 0 Å². The van der Waals surface area contributed by atoms with Gasteiger partial charge in [0.25, 0.3) is 5.91 Å². The van der Waals surface area contributed by atoms with E-state index in [1.54, 1.807) is 31.1 Å². The van der Waals surface area contributed by atoms with Crippen molar-refractivity contribution in [2.24, 2.45) is 0 Å². The van der Waals surface area contributed by atoms with Crippen LogP contribution in [0.1, 0.15) is 46.7 Å². The van der Waals surface area contributed by atoms with Crippen molar-refractivity contribution in [2.45, 2.75) is 44.2 Å². The van der Waals surface area contributed by atoms with Crippen molar-refractivity contribution >= 4 is 23.3 Å². The number of carbonyl (C=O) groups excluding carboxylic acids is 2. The predicted octanol–water partition coefficient (Wildman–Crippen LogP) is 5.01. The number of anilines is 2. The average Bonchev–Trinajstić information content (AvgIpc) is 3.74. The first kappa shape index (κ1) is 28.3. The summed E-state index contributed by atoms with van der Waals surface area (Å²) >= 11 is 0. The third-order valence-electron chi connectivity index (χ3n) is 7.47. The molecule has 1 aliphatic heterocycles. The van der Waals surface area contributed by atoms with Gasteiger partial charge in [0, 0.05) is 31.0 Å². The molecule has 1 aliphatic carbocycles. The zero-order valence-electron chi connectivity index (χ0n) is 22.8. The van der Waals surface area contributed by atoms with Gasteiger partial charge in [-0.2, -0.15) is 0 Å². The topological polar surface area (TPSA) is 106 Å². The number of aromatic nitrogens is 2. The van der Waals surface area contributed by atoms with Crippen LogP contribution >= 0.6 is 0 Å². The summed E-state index contributed by atoms with van der Waals surface area (Å²) in [6, 6.07) is 8.45. The predicted molar refractivity (Wildman–Crippen MR) is 149 cm³/mol. The normalized spacial score (nSPS) is 18.3. The molecule has 0 radical (unpaired) electrons. The minimum atomic E-state index is -0.672. The lowest BCUT2D eigenvalue weighted by molar-refractivity contribution is -0.128. The lowest BCUT2D eigenvalue weighted by atomic mass is 10.0.